The van der Waals surface area contributed by atoms with E-state index in [1.54, 1.807) is 0 Å². The minimum Gasteiger partial charge on any atom is -0.307 e. The highest BCUT2D eigenvalue weighted by Crippen LogP contribution is 2.43. The second-order valence-electron chi connectivity index (χ2n) is 18.8. The van der Waals surface area contributed by atoms with Crippen LogP contribution in [-0.2, 0) is 0 Å². The van der Waals surface area contributed by atoms with Crippen molar-refractivity contribution in [3.8, 4) is 90.0 Å². The van der Waals surface area contributed by atoms with Crippen molar-refractivity contribution in [2.24, 2.45) is 0 Å². The van der Waals surface area contributed by atoms with E-state index in [9.17, 15) is 0 Å². The SMILES string of the molecule is c1ccc(-c2ccc(-c3cccc(-c4cc(-c5ccccc5)cc(-n5c6ccccc6c6ccc7c8ccccc8n(-c8nc(-c9ccccc9)nc(-c9ccc(-c%10ccccc%10)cc9)n8)c7c65)c4)c3)cc2)cc1. The van der Waals surface area contributed by atoms with Gasteiger partial charge >= 0.3 is 0 Å². The van der Waals surface area contributed by atoms with E-state index in [4.69, 9.17) is 15.0 Å². The maximum Gasteiger partial charge on any atom is 0.238 e. The summed E-state index contributed by atoms with van der Waals surface area (Å²) >= 11 is 0. The Morgan fingerprint density at radius 3 is 1.08 bits per heavy atom. The highest BCUT2D eigenvalue weighted by atomic mass is 15.2. The van der Waals surface area contributed by atoms with E-state index in [0.717, 1.165) is 99.4 Å². The molecule has 0 aliphatic rings. The van der Waals surface area contributed by atoms with Crippen molar-refractivity contribution in [1.29, 1.82) is 0 Å². The number of rotatable bonds is 9. The average molecular weight is 944 g/mol. The van der Waals surface area contributed by atoms with Gasteiger partial charge in [-0.25, -0.2) is 4.98 Å². The molecule has 14 rings (SSSR count). The Morgan fingerprint density at radius 1 is 0.216 bits per heavy atom. The normalized spacial score (nSPS) is 11.5. The van der Waals surface area contributed by atoms with Gasteiger partial charge in [0, 0.05) is 38.4 Å². The Hall–Kier alpha value is -9.97. The maximum atomic E-state index is 5.43. The van der Waals surface area contributed by atoms with E-state index in [1.807, 2.05) is 24.3 Å². The molecule has 0 radical (unpaired) electrons. The van der Waals surface area contributed by atoms with Crippen molar-refractivity contribution in [3.63, 3.8) is 0 Å². The van der Waals surface area contributed by atoms with Crippen molar-refractivity contribution >= 4 is 43.6 Å². The third-order valence-electron chi connectivity index (χ3n) is 14.4. The lowest BCUT2D eigenvalue weighted by Crippen LogP contribution is -2.07. The molecule has 0 aliphatic carbocycles. The van der Waals surface area contributed by atoms with E-state index in [-0.39, 0.29) is 0 Å². The summed E-state index contributed by atoms with van der Waals surface area (Å²) < 4.78 is 4.74. The molecule has 0 spiro atoms. The first-order valence-corrected chi connectivity index (χ1v) is 25.1. The Morgan fingerprint density at radius 2 is 0.554 bits per heavy atom. The lowest BCUT2D eigenvalue weighted by molar-refractivity contribution is 0.953. The van der Waals surface area contributed by atoms with Crippen LogP contribution in [0.25, 0.3) is 134 Å². The zero-order valence-electron chi connectivity index (χ0n) is 40.2. The molecular formula is C69H45N5. The second kappa shape index (κ2) is 18.0. The number of hydrogen-bond acceptors (Lipinski definition) is 3. The maximum absolute atomic E-state index is 5.43. The third-order valence-corrected chi connectivity index (χ3v) is 14.4. The molecule has 74 heavy (non-hydrogen) atoms. The van der Waals surface area contributed by atoms with Crippen LogP contribution in [0, 0.1) is 0 Å². The van der Waals surface area contributed by atoms with Crippen LogP contribution in [0.5, 0.6) is 0 Å². The Kier molecular flexibility index (Phi) is 10.4. The number of benzene rings is 11. The fourth-order valence-electron chi connectivity index (χ4n) is 10.8. The quantitative estimate of drug-likeness (QED) is 0.145. The second-order valence-corrected chi connectivity index (χ2v) is 18.8. The molecule has 5 heteroatoms. The molecule has 0 amide bonds. The van der Waals surface area contributed by atoms with Crippen LogP contribution >= 0.6 is 0 Å². The zero-order valence-corrected chi connectivity index (χ0v) is 40.2. The van der Waals surface area contributed by atoms with Crippen LogP contribution in [0.15, 0.2) is 273 Å². The van der Waals surface area contributed by atoms with E-state index in [1.165, 1.54) is 16.7 Å². The molecule has 14 aromatic rings. The van der Waals surface area contributed by atoms with Crippen LogP contribution in [-0.4, -0.2) is 24.1 Å². The lowest BCUT2D eigenvalue weighted by atomic mass is 9.94. The molecule has 5 nitrogen and oxygen atoms in total. The Bertz CT molecular complexity index is 4370. The summed E-state index contributed by atoms with van der Waals surface area (Å²) in [4.78, 5) is 16.0. The molecule has 0 atom stereocenters. The predicted molar refractivity (Wildman–Crippen MR) is 307 cm³/mol. The summed E-state index contributed by atoms with van der Waals surface area (Å²) in [6.45, 7) is 0. The number of hydrogen-bond donors (Lipinski definition) is 0. The highest BCUT2D eigenvalue weighted by molar-refractivity contribution is 6.23. The molecule has 0 saturated carbocycles. The van der Waals surface area contributed by atoms with Gasteiger partial charge in [-0.1, -0.05) is 237 Å². The fraction of sp³-hybridized carbons (Fsp3) is 0. The molecule has 0 fully saturated rings. The summed E-state index contributed by atoms with van der Waals surface area (Å²) in [6.07, 6.45) is 0. The van der Waals surface area contributed by atoms with Crippen LogP contribution in [0.1, 0.15) is 0 Å². The van der Waals surface area contributed by atoms with Gasteiger partial charge in [-0.3, -0.25) is 4.57 Å². The molecule has 11 aromatic carbocycles. The Labute approximate surface area is 428 Å². The standard InChI is InChI=1S/C69H45N5/c1-5-18-46(19-6-1)49-32-34-51(35-33-49)54-26-17-27-55(42-54)57-43-56(48-22-9-3-10-23-48)44-58(45-57)73-63-30-15-13-28-59(63)61-40-41-62-60-29-14-16-31-64(60)74(66(62)65(61)73)69-71-67(52-24-11-4-12-25-52)70-68(72-69)53-38-36-50(37-39-53)47-20-7-2-8-21-47/h1-45H. The number of aromatic nitrogens is 5. The number of nitrogens with zero attached hydrogens (tertiary/aromatic N) is 5. The van der Waals surface area contributed by atoms with Gasteiger partial charge in [0.25, 0.3) is 0 Å². The molecule has 0 aliphatic heterocycles. The van der Waals surface area contributed by atoms with Gasteiger partial charge < -0.3 is 4.57 Å². The summed E-state index contributed by atoms with van der Waals surface area (Å²) in [6, 6.07) is 97.4. The summed E-state index contributed by atoms with van der Waals surface area (Å²) in [7, 11) is 0. The van der Waals surface area contributed by atoms with Gasteiger partial charge in [-0.15, -0.1) is 0 Å². The number of fused-ring (bicyclic) bond motifs is 7. The average Bonchev–Trinajstić information content (AvgIpc) is 4.03. The minimum atomic E-state index is 0.545. The minimum absolute atomic E-state index is 0.545. The zero-order chi connectivity index (χ0) is 49.0. The van der Waals surface area contributed by atoms with Crippen LogP contribution < -0.4 is 0 Å². The van der Waals surface area contributed by atoms with E-state index in [0.29, 0.717) is 17.6 Å². The first-order chi connectivity index (χ1) is 36.7. The lowest BCUT2D eigenvalue weighted by Gasteiger charge is -2.16. The molecule has 346 valence electrons. The molecular weight excluding hydrogens is 899 g/mol. The van der Waals surface area contributed by atoms with Gasteiger partial charge in [0.1, 0.15) is 0 Å². The summed E-state index contributed by atoms with van der Waals surface area (Å²) in [5, 5.41) is 4.52. The van der Waals surface area contributed by atoms with Crippen LogP contribution in [0.3, 0.4) is 0 Å². The predicted octanol–water partition coefficient (Wildman–Crippen LogP) is 17.7. The summed E-state index contributed by atoms with van der Waals surface area (Å²) in [5.74, 6) is 1.75. The van der Waals surface area contributed by atoms with Crippen molar-refractivity contribution in [3.05, 3.63) is 273 Å². The van der Waals surface area contributed by atoms with Crippen molar-refractivity contribution in [2.45, 2.75) is 0 Å². The van der Waals surface area contributed by atoms with E-state index < -0.39 is 0 Å². The molecule has 0 bridgehead atoms. The largest absolute Gasteiger partial charge is 0.307 e. The topological polar surface area (TPSA) is 48.5 Å². The van der Waals surface area contributed by atoms with E-state index >= 15 is 0 Å². The number of para-hydroxylation sites is 2. The molecule has 0 N–H and O–H groups in total. The highest BCUT2D eigenvalue weighted by Gasteiger charge is 2.24. The van der Waals surface area contributed by atoms with Gasteiger partial charge in [0.15, 0.2) is 11.6 Å². The smallest absolute Gasteiger partial charge is 0.238 e. The van der Waals surface area contributed by atoms with Crippen LogP contribution in [0.2, 0.25) is 0 Å². The molecule has 3 aromatic heterocycles. The fourth-order valence-corrected chi connectivity index (χ4v) is 10.8. The van der Waals surface area contributed by atoms with Crippen LogP contribution in [0.4, 0.5) is 0 Å². The molecule has 0 unspecified atom stereocenters. The van der Waals surface area contributed by atoms with Crippen molar-refractivity contribution in [1.82, 2.24) is 24.1 Å². The van der Waals surface area contributed by atoms with Gasteiger partial charge in [0.05, 0.1) is 22.1 Å². The van der Waals surface area contributed by atoms with Crippen molar-refractivity contribution < 1.29 is 0 Å². The molecule has 3 heterocycles. The van der Waals surface area contributed by atoms with Gasteiger partial charge in [0.2, 0.25) is 5.95 Å². The monoisotopic (exact) mass is 943 g/mol. The third kappa shape index (κ3) is 7.54. The summed E-state index contributed by atoms with van der Waals surface area (Å²) in [5.41, 5.74) is 18.6. The first-order valence-electron chi connectivity index (χ1n) is 25.1. The van der Waals surface area contributed by atoms with Gasteiger partial charge in [-0.05, 0) is 92.0 Å². The van der Waals surface area contributed by atoms with Crippen molar-refractivity contribution in [2.75, 3.05) is 0 Å². The first kappa shape index (κ1) is 42.9. The molecule has 0 saturated heterocycles. The van der Waals surface area contributed by atoms with E-state index in [2.05, 4.69) is 258 Å². The Balaban J connectivity index is 1.01. The van der Waals surface area contributed by atoms with Gasteiger partial charge in [-0.2, -0.15) is 9.97 Å².